The number of carbonyl (C=O) groups excluding carboxylic acids is 2. The minimum atomic E-state index is -0.353. The van der Waals surface area contributed by atoms with E-state index in [0.717, 1.165) is 11.4 Å². The number of hydrogen-bond donors (Lipinski definition) is 0. The molecule has 22 heavy (non-hydrogen) atoms. The summed E-state index contributed by atoms with van der Waals surface area (Å²) in [6.45, 7) is 7.47. The maximum atomic E-state index is 12.1. The molecular weight excluding hydrogens is 278 g/mol. The number of benzene rings is 1. The summed E-state index contributed by atoms with van der Waals surface area (Å²) in [5.41, 5.74) is 2.96. The number of hydrogen-bond acceptors (Lipinski definition) is 4. The van der Waals surface area contributed by atoms with Crippen LogP contribution in [0.2, 0.25) is 0 Å². The number of esters is 1. The third kappa shape index (κ3) is 2.91. The number of anilines is 1. The Morgan fingerprint density at radius 2 is 1.91 bits per heavy atom. The van der Waals surface area contributed by atoms with Crippen LogP contribution < -0.4 is 4.90 Å². The van der Waals surface area contributed by atoms with Crippen molar-refractivity contribution in [3.05, 3.63) is 41.6 Å². The van der Waals surface area contributed by atoms with Gasteiger partial charge in [-0.05, 0) is 11.6 Å². The molecule has 2 rings (SSSR count). The fourth-order valence-electron chi connectivity index (χ4n) is 2.76. The maximum absolute atomic E-state index is 12.1. The predicted octanol–water partition coefficient (Wildman–Crippen LogP) is 3.07. The second kappa shape index (κ2) is 5.95. The van der Waals surface area contributed by atoms with Crippen LogP contribution in [0.1, 0.15) is 33.3 Å². The molecule has 0 unspecified atom stereocenters. The van der Waals surface area contributed by atoms with Gasteiger partial charge < -0.3 is 9.64 Å². The number of ketones is 1. The number of likely N-dealkylation sites (N-methyl/N-ethyl adjacent to an activating group) is 1. The highest BCUT2D eigenvalue weighted by atomic mass is 16.5. The molecule has 0 aliphatic carbocycles. The molecule has 0 fully saturated rings. The molecule has 1 aliphatic rings. The van der Waals surface area contributed by atoms with E-state index < -0.39 is 0 Å². The lowest BCUT2D eigenvalue weighted by atomic mass is 9.83. The fourth-order valence-corrected chi connectivity index (χ4v) is 2.76. The van der Waals surface area contributed by atoms with Crippen molar-refractivity contribution in [1.82, 2.24) is 0 Å². The van der Waals surface area contributed by atoms with Crippen LogP contribution in [0, 0.1) is 5.92 Å². The van der Waals surface area contributed by atoms with Gasteiger partial charge in [-0.15, -0.1) is 0 Å². The van der Waals surface area contributed by atoms with E-state index in [1.807, 2.05) is 30.1 Å². The Morgan fingerprint density at radius 3 is 2.50 bits per heavy atom. The second-order valence-electron chi connectivity index (χ2n) is 6.46. The molecule has 1 aromatic rings. The molecular formula is C18H23NO3. The highest BCUT2D eigenvalue weighted by Gasteiger charge is 2.38. The normalized spacial score (nSPS) is 17.7. The summed E-state index contributed by atoms with van der Waals surface area (Å²) < 4.78 is 5.00. The molecule has 0 N–H and O–H groups in total. The Balaban J connectivity index is 2.19. The highest BCUT2D eigenvalue weighted by molar-refractivity contribution is 5.94. The third-order valence-electron chi connectivity index (χ3n) is 4.07. The molecule has 0 saturated heterocycles. The molecule has 4 heteroatoms. The minimum absolute atomic E-state index is 0.197. The van der Waals surface area contributed by atoms with Crippen molar-refractivity contribution < 1.29 is 14.3 Å². The van der Waals surface area contributed by atoms with Crippen LogP contribution in [-0.4, -0.2) is 25.4 Å². The zero-order chi connectivity index (χ0) is 16.5. The van der Waals surface area contributed by atoms with E-state index in [2.05, 4.69) is 19.9 Å². The number of nitrogens with zero attached hydrogens (tertiary/aromatic N) is 1. The van der Waals surface area contributed by atoms with Gasteiger partial charge in [-0.1, -0.05) is 45.9 Å². The van der Waals surface area contributed by atoms with E-state index >= 15 is 0 Å². The first kappa shape index (κ1) is 16.3. The molecule has 1 heterocycles. The van der Waals surface area contributed by atoms with Crippen molar-refractivity contribution in [3.63, 3.8) is 0 Å². The fraction of sp³-hybridized carbons (Fsp3) is 0.444. The summed E-state index contributed by atoms with van der Waals surface area (Å²) in [7, 11) is 1.95. The van der Waals surface area contributed by atoms with E-state index in [4.69, 9.17) is 4.74 Å². The van der Waals surface area contributed by atoms with Gasteiger partial charge in [0.05, 0.1) is 5.92 Å². The first-order chi connectivity index (χ1) is 10.2. The standard InChI is InChI=1S/C18H23NO3/c1-12(2)17(21)22-11-13(20)10-16-18(3,4)14-8-6-7-9-15(14)19(16)5/h6-10,12H,11H2,1-5H3/b16-10+. The van der Waals surface area contributed by atoms with Gasteiger partial charge in [0.2, 0.25) is 0 Å². The molecule has 0 spiro atoms. The van der Waals surface area contributed by atoms with Crippen molar-refractivity contribution in [1.29, 1.82) is 0 Å². The zero-order valence-electron chi connectivity index (χ0n) is 13.8. The summed E-state index contributed by atoms with van der Waals surface area (Å²) in [6.07, 6.45) is 1.59. The lowest BCUT2D eigenvalue weighted by molar-refractivity contribution is -0.150. The maximum Gasteiger partial charge on any atom is 0.308 e. The predicted molar refractivity (Wildman–Crippen MR) is 86.8 cm³/mol. The summed E-state index contributed by atoms with van der Waals surface area (Å²) in [5.74, 6) is -0.777. The quantitative estimate of drug-likeness (QED) is 0.633. The lowest BCUT2D eigenvalue weighted by Gasteiger charge is -2.23. The van der Waals surface area contributed by atoms with Gasteiger partial charge in [0, 0.05) is 29.9 Å². The topological polar surface area (TPSA) is 46.6 Å². The van der Waals surface area contributed by atoms with Crippen LogP contribution >= 0.6 is 0 Å². The van der Waals surface area contributed by atoms with Gasteiger partial charge in [-0.3, -0.25) is 9.59 Å². The highest BCUT2D eigenvalue weighted by Crippen LogP contribution is 2.46. The summed E-state index contributed by atoms with van der Waals surface area (Å²) >= 11 is 0. The molecule has 0 atom stereocenters. The molecule has 0 aromatic heterocycles. The number of rotatable bonds is 4. The van der Waals surface area contributed by atoms with Crippen molar-refractivity contribution in [2.24, 2.45) is 5.92 Å². The van der Waals surface area contributed by atoms with Crippen molar-refractivity contribution in [2.75, 3.05) is 18.6 Å². The van der Waals surface area contributed by atoms with Gasteiger partial charge in [0.1, 0.15) is 0 Å². The number of fused-ring (bicyclic) bond motifs is 1. The molecule has 4 nitrogen and oxygen atoms in total. The number of carbonyl (C=O) groups is 2. The van der Waals surface area contributed by atoms with Crippen molar-refractivity contribution in [2.45, 2.75) is 33.1 Å². The van der Waals surface area contributed by atoms with Gasteiger partial charge in [-0.25, -0.2) is 0 Å². The molecule has 1 aliphatic heterocycles. The SMILES string of the molecule is CC(C)C(=O)OCC(=O)/C=C1/N(C)c2ccccc2C1(C)C. The third-order valence-corrected chi connectivity index (χ3v) is 4.07. The van der Waals surface area contributed by atoms with E-state index in [1.54, 1.807) is 19.9 Å². The van der Waals surface area contributed by atoms with E-state index in [0.29, 0.717) is 0 Å². The molecule has 0 amide bonds. The lowest BCUT2D eigenvalue weighted by Crippen LogP contribution is -2.25. The van der Waals surface area contributed by atoms with Crippen LogP contribution in [0.4, 0.5) is 5.69 Å². The van der Waals surface area contributed by atoms with Crippen LogP contribution in [0.5, 0.6) is 0 Å². The van der Waals surface area contributed by atoms with Crippen molar-refractivity contribution >= 4 is 17.4 Å². The number of ether oxygens (including phenoxy) is 1. The average molecular weight is 301 g/mol. The van der Waals surface area contributed by atoms with E-state index in [-0.39, 0.29) is 29.7 Å². The molecule has 1 aromatic carbocycles. The van der Waals surface area contributed by atoms with Crippen molar-refractivity contribution in [3.8, 4) is 0 Å². The second-order valence-corrected chi connectivity index (χ2v) is 6.46. The Labute approximate surface area is 131 Å². The Hall–Kier alpha value is -2.10. The van der Waals surface area contributed by atoms with Crippen LogP contribution in [0.15, 0.2) is 36.0 Å². The van der Waals surface area contributed by atoms with E-state index in [1.165, 1.54) is 5.56 Å². The van der Waals surface area contributed by atoms with Gasteiger partial charge >= 0.3 is 5.97 Å². The van der Waals surface area contributed by atoms with Crippen LogP contribution in [-0.2, 0) is 19.7 Å². The van der Waals surface area contributed by atoms with E-state index in [9.17, 15) is 9.59 Å². The monoisotopic (exact) mass is 301 g/mol. The van der Waals surface area contributed by atoms with Gasteiger partial charge in [0.25, 0.3) is 0 Å². The smallest absolute Gasteiger partial charge is 0.308 e. The number of allylic oxidation sites excluding steroid dienone is 1. The summed E-state index contributed by atoms with van der Waals surface area (Å²) in [6, 6.07) is 8.11. The van der Waals surface area contributed by atoms with Gasteiger partial charge in [0.15, 0.2) is 12.4 Å². The molecule has 0 bridgehead atoms. The van der Waals surface area contributed by atoms with Crippen LogP contribution in [0.25, 0.3) is 0 Å². The first-order valence-corrected chi connectivity index (χ1v) is 7.50. The largest absolute Gasteiger partial charge is 0.457 e. The minimum Gasteiger partial charge on any atom is -0.457 e. The number of para-hydroxylation sites is 1. The summed E-state index contributed by atoms with van der Waals surface area (Å²) in [4.78, 5) is 25.6. The Bertz CT molecular complexity index is 629. The summed E-state index contributed by atoms with van der Waals surface area (Å²) in [5, 5.41) is 0. The zero-order valence-corrected chi connectivity index (χ0v) is 13.8. The van der Waals surface area contributed by atoms with Crippen LogP contribution in [0.3, 0.4) is 0 Å². The molecule has 118 valence electrons. The Morgan fingerprint density at radius 1 is 1.27 bits per heavy atom. The van der Waals surface area contributed by atoms with Gasteiger partial charge in [-0.2, -0.15) is 0 Å². The Kier molecular flexibility index (Phi) is 4.40. The molecule has 0 radical (unpaired) electrons. The molecule has 0 saturated carbocycles. The first-order valence-electron chi connectivity index (χ1n) is 7.50. The average Bonchev–Trinajstić information content (AvgIpc) is 2.66.